The Morgan fingerprint density at radius 1 is 1.44 bits per heavy atom. The number of aromatic nitrogens is 1. The number of hydrogen-bond donors (Lipinski definition) is 2. The van der Waals surface area contributed by atoms with Crippen molar-refractivity contribution in [1.29, 1.82) is 0 Å². The first-order valence-corrected chi connectivity index (χ1v) is 6.16. The summed E-state index contributed by atoms with van der Waals surface area (Å²) >= 11 is 0. The maximum atomic E-state index is 11.5. The smallest absolute Gasteiger partial charge is 0.226 e. The Hall–Kier alpha value is -1.40. The lowest BCUT2D eigenvalue weighted by molar-refractivity contribution is -0.116. The van der Waals surface area contributed by atoms with Gasteiger partial charge in [0.2, 0.25) is 5.91 Å². The lowest BCUT2D eigenvalue weighted by atomic mass is 10.3. The summed E-state index contributed by atoms with van der Waals surface area (Å²) in [7, 11) is 4.10. The lowest BCUT2D eigenvalue weighted by Crippen LogP contribution is -2.25. The van der Waals surface area contributed by atoms with Gasteiger partial charge in [-0.25, -0.2) is 0 Å². The molecule has 0 fully saturated rings. The minimum atomic E-state index is -0.0524. The molecule has 0 spiro atoms. The summed E-state index contributed by atoms with van der Waals surface area (Å²) < 4.78 is 4.86. The predicted octanol–water partition coefficient (Wildman–Crippen LogP) is 0.853. The van der Waals surface area contributed by atoms with E-state index in [9.17, 15) is 4.79 Å². The zero-order chi connectivity index (χ0) is 13.4. The number of anilines is 1. The van der Waals surface area contributed by atoms with Crippen LogP contribution >= 0.6 is 0 Å². The summed E-state index contributed by atoms with van der Waals surface area (Å²) in [6.07, 6.45) is 1.52. The van der Waals surface area contributed by atoms with E-state index in [0.717, 1.165) is 19.5 Å². The van der Waals surface area contributed by atoms with E-state index >= 15 is 0 Å². The number of carbonyl (C=O) groups is 1. The highest BCUT2D eigenvalue weighted by Crippen LogP contribution is 2.06. The number of rotatable bonds is 8. The van der Waals surface area contributed by atoms with E-state index in [1.165, 1.54) is 0 Å². The molecular weight excluding hydrogens is 232 g/mol. The van der Waals surface area contributed by atoms with Crippen LogP contribution in [0.5, 0.6) is 0 Å². The fraction of sp³-hybridized carbons (Fsp3) is 0.667. The average molecular weight is 254 g/mol. The summed E-state index contributed by atoms with van der Waals surface area (Å²) in [4.78, 5) is 13.7. The summed E-state index contributed by atoms with van der Waals surface area (Å²) in [6.45, 7) is 4.44. The van der Waals surface area contributed by atoms with Crippen LogP contribution in [0.1, 0.15) is 18.6 Å². The van der Waals surface area contributed by atoms with Crippen LogP contribution in [0.2, 0.25) is 0 Å². The highest BCUT2D eigenvalue weighted by molar-refractivity contribution is 5.89. The van der Waals surface area contributed by atoms with E-state index in [1.54, 1.807) is 13.0 Å². The van der Waals surface area contributed by atoms with Gasteiger partial charge in [-0.2, -0.15) is 0 Å². The van der Waals surface area contributed by atoms with Crippen molar-refractivity contribution in [3.63, 3.8) is 0 Å². The zero-order valence-corrected chi connectivity index (χ0v) is 11.3. The molecular formula is C12H22N4O2. The van der Waals surface area contributed by atoms with Crippen molar-refractivity contribution in [3.8, 4) is 0 Å². The number of amides is 1. The number of carbonyl (C=O) groups excluding carboxylic acids is 1. The van der Waals surface area contributed by atoms with Gasteiger partial charge < -0.3 is 20.1 Å². The SMILES string of the molecule is Cc1cc(NC(=O)CCNCCCN(C)C)no1. The monoisotopic (exact) mass is 254 g/mol. The predicted molar refractivity (Wildman–Crippen MR) is 70.5 cm³/mol. The Bertz CT molecular complexity index is 363. The second-order valence-corrected chi connectivity index (χ2v) is 4.53. The molecule has 1 aromatic rings. The summed E-state index contributed by atoms with van der Waals surface area (Å²) in [6, 6.07) is 1.70. The van der Waals surface area contributed by atoms with Gasteiger partial charge in [0.1, 0.15) is 5.76 Å². The van der Waals surface area contributed by atoms with E-state index in [1.807, 2.05) is 14.1 Å². The first kappa shape index (κ1) is 14.7. The first-order chi connectivity index (χ1) is 8.58. The molecule has 2 N–H and O–H groups in total. The van der Waals surface area contributed by atoms with Crippen molar-refractivity contribution in [2.75, 3.05) is 39.0 Å². The molecule has 6 heteroatoms. The third-order valence-corrected chi connectivity index (χ3v) is 2.38. The maximum Gasteiger partial charge on any atom is 0.226 e. The molecule has 0 saturated heterocycles. The molecule has 0 atom stereocenters. The molecule has 0 unspecified atom stereocenters. The van der Waals surface area contributed by atoms with Gasteiger partial charge in [-0.05, 0) is 40.5 Å². The second kappa shape index (κ2) is 7.84. The summed E-state index contributed by atoms with van der Waals surface area (Å²) in [5.74, 6) is 1.11. The molecule has 0 aliphatic rings. The number of nitrogens with one attached hydrogen (secondary N) is 2. The number of hydrogen-bond acceptors (Lipinski definition) is 5. The van der Waals surface area contributed by atoms with Gasteiger partial charge in [-0.1, -0.05) is 5.16 Å². The molecule has 0 aliphatic heterocycles. The molecule has 0 saturated carbocycles. The van der Waals surface area contributed by atoms with Gasteiger partial charge in [0.25, 0.3) is 0 Å². The molecule has 0 aliphatic carbocycles. The molecule has 6 nitrogen and oxygen atoms in total. The highest BCUT2D eigenvalue weighted by atomic mass is 16.5. The van der Waals surface area contributed by atoms with Crippen molar-refractivity contribution < 1.29 is 9.32 Å². The first-order valence-electron chi connectivity index (χ1n) is 6.16. The molecule has 1 amide bonds. The van der Waals surface area contributed by atoms with E-state index in [-0.39, 0.29) is 5.91 Å². The van der Waals surface area contributed by atoms with Gasteiger partial charge in [-0.3, -0.25) is 4.79 Å². The molecule has 102 valence electrons. The molecule has 1 rings (SSSR count). The standard InChI is InChI=1S/C12H22N4O2/c1-10-9-11(15-18-10)14-12(17)5-7-13-6-4-8-16(2)3/h9,13H,4-8H2,1-3H3,(H,14,15,17). The zero-order valence-electron chi connectivity index (χ0n) is 11.3. The maximum absolute atomic E-state index is 11.5. The molecule has 0 bridgehead atoms. The van der Waals surface area contributed by atoms with Crippen molar-refractivity contribution in [2.24, 2.45) is 0 Å². The van der Waals surface area contributed by atoms with Crippen molar-refractivity contribution >= 4 is 11.7 Å². The lowest BCUT2D eigenvalue weighted by Gasteiger charge is -2.09. The minimum absolute atomic E-state index is 0.0524. The van der Waals surface area contributed by atoms with E-state index in [2.05, 4.69) is 20.7 Å². The van der Waals surface area contributed by atoms with Crippen LogP contribution < -0.4 is 10.6 Å². The van der Waals surface area contributed by atoms with Crippen LogP contribution in [-0.4, -0.2) is 49.7 Å². The van der Waals surface area contributed by atoms with Crippen molar-refractivity contribution in [2.45, 2.75) is 19.8 Å². The quantitative estimate of drug-likeness (QED) is 0.673. The van der Waals surface area contributed by atoms with Crippen LogP contribution in [0, 0.1) is 6.92 Å². The average Bonchev–Trinajstić information content (AvgIpc) is 2.68. The highest BCUT2D eigenvalue weighted by Gasteiger charge is 2.05. The fourth-order valence-corrected chi connectivity index (χ4v) is 1.48. The van der Waals surface area contributed by atoms with E-state index < -0.39 is 0 Å². The normalized spacial score (nSPS) is 10.9. The Labute approximate surface area is 108 Å². The number of aryl methyl sites for hydroxylation is 1. The van der Waals surface area contributed by atoms with Gasteiger partial charge in [0, 0.05) is 19.0 Å². The van der Waals surface area contributed by atoms with Gasteiger partial charge in [-0.15, -0.1) is 0 Å². The van der Waals surface area contributed by atoms with Crippen LogP contribution in [0.3, 0.4) is 0 Å². The minimum Gasteiger partial charge on any atom is -0.360 e. The third-order valence-electron chi connectivity index (χ3n) is 2.38. The Morgan fingerprint density at radius 2 is 2.22 bits per heavy atom. The Balaban J connectivity index is 2.03. The van der Waals surface area contributed by atoms with E-state index in [4.69, 9.17) is 4.52 Å². The molecule has 0 radical (unpaired) electrons. The summed E-state index contributed by atoms with van der Waals surface area (Å²) in [5, 5.41) is 9.61. The van der Waals surface area contributed by atoms with E-state index in [0.29, 0.717) is 24.5 Å². The van der Waals surface area contributed by atoms with Crippen LogP contribution in [0.15, 0.2) is 10.6 Å². The van der Waals surface area contributed by atoms with Gasteiger partial charge in [0.05, 0.1) is 0 Å². The fourth-order valence-electron chi connectivity index (χ4n) is 1.48. The number of nitrogens with zero attached hydrogens (tertiary/aromatic N) is 2. The van der Waals surface area contributed by atoms with Gasteiger partial charge >= 0.3 is 0 Å². The van der Waals surface area contributed by atoms with Crippen molar-refractivity contribution in [1.82, 2.24) is 15.4 Å². The van der Waals surface area contributed by atoms with Gasteiger partial charge in [0.15, 0.2) is 5.82 Å². The third kappa shape index (κ3) is 6.36. The van der Waals surface area contributed by atoms with Crippen LogP contribution in [0.25, 0.3) is 0 Å². The summed E-state index contributed by atoms with van der Waals surface area (Å²) in [5.41, 5.74) is 0. The Morgan fingerprint density at radius 3 is 2.83 bits per heavy atom. The molecule has 1 aromatic heterocycles. The topological polar surface area (TPSA) is 70.4 Å². The van der Waals surface area contributed by atoms with Crippen molar-refractivity contribution in [3.05, 3.63) is 11.8 Å². The Kier molecular flexibility index (Phi) is 6.38. The second-order valence-electron chi connectivity index (χ2n) is 4.53. The van der Waals surface area contributed by atoms with Crippen LogP contribution in [-0.2, 0) is 4.79 Å². The molecule has 1 heterocycles. The molecule has 0 aromatic carbocycles. The van der Waals surface area contributed by atoms with Crippen LogP contribution in [0.4, 0.5) is 5.82 Å². The molecule has 18 heavy (non-hydrogen) atoms. The largest absolute Gasteiger partial charge is 0.360 e.